The fourth-order valence-electron chi connectivity index (χ4n) is 8.91. The molecule has 54 heavy (non-hydrogen) atoms. The molecular weight excluding hydrogens is 682 g/mol. The van der Waals surface area contributed by atoms with Gasteiger partial charge >= 0.3 is 5.97 Å². The first-order valence-electron chi connectivity index (χ1n) is 18.8. The lowest BCUT2D eigenvalue weighted by Crippen LogP contribution is -2.59. The van der Waals surface area contributed by atoms with Crippen molar-refractivity contribution in [1.29, 1.82) is 0 Å². The summed E-state index contributed by atoms with van der Waals surface area (Å²) in [4.78, 5) is 60.8. The van der Waals surface area contributed by atoms with Gasteiger partial charge in [0.1, 0.15) is 17.7 Å². The number of nitrogens with one attached hydrogen (secondary N) is 1. The van der Waals surface area contributed by atoms with E-state index < -0.39 is 66.3 Å². The van der Waals surface area contributed by atoms with Crippen molar-refractivity contribution in [2.75, 3.05) is 18.1 Å². The molecule has 1 spiro atoms. The van der Waals surface area contributed by atoms with Crippen LogP contribution in [-0.2, 0) is 35.1 Å². The summed E-state index contributed by atoms with van der Waals surface area (Å²) in [5.74, 6) is -3.65. The molecule has 2 N–H and O–H groups in total. The summed E-state index contributed by atoms with van der Waals surface area (Å²) >= 11 is 0. The maximum absolute atomic E-state index is 15.3. The van der Waals surface area contributed by atoms with E-state index in [1.165, 1.54) is 4.90 Å². The number of aryl methyl sites for hydroxylation is 2. The fraction of sp³-hybridized carbons (Fsp3) is 0.409. The molecule has 10 heteroatoms. The number of allylic oxidation sites excluding steroid dienone is 1. The number of amides is 3. The fourth-order valence-corrected chi connectivity index (χ4v) is 8.91. The van der Waals surface area contributed by atoms with Gasteiger partial charge in [-0.1, -0.05) is 91.0 Å². The van der Waals surface area contributed by atoms with Crippen molar-refractivity contribution in [1.82, 2.24) is 10.2 Å². The predicted molar refractivity (Wildman–Crippen MR) is 206 cm³/mol. The van der Waals surface area contributed by atoms with Gasteiger partial charge in [0.25, 0.3) is 5.91 Å². The van der Waals surface area contributed by atoms with E-state index in [4.69, 9.17) is 9.47 Å². The van der Waals surface area contributed by atoms with Crippen molar-refractivity contribution >= 4 is 29.4 Å². The largest absolute Gasteiger partial charge is 0.455 e. The van der Waals surface area contributed by atoms with Gasteiger partial charge in [-0.25, -0.2) is 0 Å². The third kappa shape index (κ3) is 7.24. The highest BCUT2D eigenvalue weighted by atomic mass is 16.6. The van der Waals surface area contributed by atoms with Gasteiger partial charge in [-0.15, -0.1) is 13.2 Å². The van der Waals surface area contributed by atoms with Gasteiger partial charge in [0.05, 0.1) is 36.6 Å². The van der Waals surface area contributed by atoms with Gasteiger partial charge in [0, 0.05) is 18.7 Å². The van der Waals surface area contributed by atoms with Crippen molar-refractivity contribution in [3.8, 4) is 0 Å². The average molecular weight is 734 g/mol. The van der Waals surface area contributed by atoms with Crippen molar-refractivity contribution in [3.05, 3.63) is 126 Å². The van der Waals surface area contributed by atoms with E-state index >= 15 is 9.59 Å². The van der Waals surface area contributed by atoms with Crippen molar-refractivity contribution in [2.24, 2.45) is 11.8 Å². The highest BCUT2D eigenvalue weighted by molar-refractivity contribution is 6.05. The number of nitrogens with zero attached hydrogens (tertiary/aromatic N) is 2. The SMILES string of the molecule is C=CCCC(=O)N[C@@H](C)[C@H](OC(=O)[C@@H]1[C@H]2C(=O)N([C@@H](CO)Cc3ccccc3)[C@H](C(=O)N(CC=C)c3c(C)cccc3C)[C@]23CC[C@H]1O3)c1ccccc1. The van der Waals surface area contributed by atoms with Crippen molar-refractivity contribution < 1.29 is 33.8 Å². The number of hydrogen-bond donors (Lipinski definition) is 2. The summed E-state index contributed by atoms with van der Waals surface area (Å²) in [7, 11) is 0. The summed E-state index contributed by atoms with van der Waals surface area (Å²) in [6, 6.07) is 22.0. The minimum absolute atomic E-state index is 0.177. The molecule has 0 saturated carbocycles. The molecule has 0 unspecified atom stereocenters. The molecule has 0 aliphatic carbocycles. The van der Waals surface area contributed by atoms with Gasteiger partial charge in [0.15, 0.2) is 0 Å². The number of esters is 1. The van der Waals surface area contributed by atoms with E-state index in [2.05, 4.69) is 18.5 Å². The molecule has 3 fully saturated rings. The zero-order valence-electron chi connectivity index (χ0n) is 31.4. The standard InChI is InChI=1S/C44H51N3O7/c1-6-8-22-35(49)45-30(5)39(32-20-13-10-14-21-32)53-43(52)36-34-23-24-44(54-34)37(36)41(50)47(33(27-48)26-31-18-11-9-12-19-31)40(44)42(51)46(25-7-2)38-28(3)16-15-17-29(38)4/h6-7,9-21,30,33-34,36-37,39-40,48H,1-2,8,22-27H2,3-5H3,(H,45,49)/t30-,33+,34+,36-,37-,39-,40+,44-/m0/s1. The first-order chi connectivity index (χ1) is 26.1. The van der Waals surface area contributed by atoms with E-state index in [1.54, 1.807) is 24.0 Å². The number of hydrogen-bond acceptors (Lipinski definition) is 7. The quantitative estimate of drug-likeness (QED) is 0.146. The van der Waals surface area contributed by atoms with Gasteiger partial charge in [0.2, 0.25) is 11.8 Å². The van der Waals surface area contributed by atoms with Gasteiger partial charge in [-0.05, 0) is 68.7 Å². The number of rotatable bonds is 16. The van der Waals surface area contributed by atoms with Crippen LogP contribution in [-0.4, -0.2) is 76.7 Å². The normalized spacial score (nSPS) is 24.3. The Morgan fingerprint density at radius 1 is 1.02 bits per heavy atom. The third-order valence-electron chi connectivity index (χ3n) is 11.2. The number of ether oxygens (including phenoxy) is 2. The van der Waals surface area contributed by atoms with E-state index in [0.717, 1.165) is 22.4 Å². The van der Waals surface area contributed by atoms with Crippen LogP contribution >= 0.6 is 0 Å². The van der Waals surface area contributed by atoms with Crippen LogP contribution in [0, 0.1) is 25.7 Å². The Kier molecular flexibility index (Phi) is 11.8. The summed E-state index contributed by atoms with van der Waals surface area (Å²) < 4.78 is 13.1. The lowest BCUT2D eigenvalue weighted by Gasteiger charge is -2.40. The topological polar surface area (TPSA) is 125 Å². The minimum atomic E-state index is -1.34. The molecule has 3 aromatic rings. The molecule has 10 nitrogen and oxygen atoms in total. The molecule has 3 aromatic carbocycles. The molecule has 3 aliphatic heterocycles. The molecule has 0 radical (unpaired) electrons. The van der Waals surface area contributed by atoms with Crippen LogP contribution in [0.15, 0.2) is 104 Å². The van der Waals surface area contributed by atoms with Crippen LogP contribution in [0.5, 0.6) is 0 Å². The van der Waals surface area contributed by atoms with Gasteiger partial charge in [-0.3, -0.25) is 19.2 Å². The Bertz CT molecular complexity index is 1850. The molecular formula is C44H51N3O7. The van der Waals surface area contributed by atoms with Crippen LogP contribution < -0.4 is 10.2 Å². The first kappa shape index (κ1) is 38.7. The number of fused-ring (bicyclic) bond motifs is 1. The van der Waals surface area contributed by atoms with Gasteiger partial charge < -0.3 is 29.7 Å². The average Bonchev–Trinajstić information content (AvgIpc) is 3.82. The van der Waals surface area contributed by atoms with Crippen LogP contribution in [0.2, 0.25) is 0 Å². The third-order valence-corrected chi connectivity index (χ3v) is 11.2. The number of anilines is 1. The monoisotopic (exact) mass is 733 g/mol. The Morgan fingerprint density at radius 2 is 1.69 bits per heavy atom. The molecule has 0 aromatic heterocycles. The summed E-state index contributed by atoms with van der Waals surface area (Å²) in [6.07, 6.45) is 3.66. The Hall–Kier alpha value is -5.06. The Morgan fingerprint density at radius 3 is 2.31 bits per heavy atom. The number of aliphatic hydroxyl groups excluding tert-OH is 1. The van der Waals surface area contributed by atoms with E-state index in [-0.39, 0.29) is 31.2 Å². The van der Waals surface area contributed by atoms with Crippen molar-refractivity contribution in [2.45, 2.75) is 88.8 Å². The molecule has 3 aliphatic rings. The maximum atomic E-state index is 15.3. The molecule has 3 heterocycles. The maximum Gasteiger partial charge on any atom is 0.313 e. The number of benzene rings is 3. The zero-order chi connectivity index (χ0) is 38.6. The molecule has 284 valence electrons. The van der Waals surface area contributed by atoms with E-state index in [1.807, 2.05) is 92.7 Å². The number of carbonyl (C=O) groups excluding carboxylic acids is 4. The predicted octanol–water partition coefficient (Wildman–Crippen LogP) is 5.56. The van der Waals surface area contributed by atoms with E-state index in [0.29, 0.717) is 24.8 Å². The first-order valence-corrected chi connectivity index (χ1v) is 18.8. The Labute approximate surface area is 317 Å². The molecule has 6 rings (SSSR count). The number of para-hydroxylation sites is 1. The lowest BCUT2D eigenvalue weighted by atomic mass is 9.70. The van der Waals surface area contributed by atoms with Crippen molar-refractivity contribution in [3.63, 3.8) is 0 Å². The molecule has 3 saturated heterocycles. The van der Waals surface area contributed by atoms with Crippen LogP contribution in [0.25, 0.3) is 0 Å². The Balaban J connectivity index is 1.39. The minimum Gasteiger partial charge on any atom is -0.455 e. The number of aliphatic hydroxyl groups is 1. The second-order valence-corrected chi connectivity index (χ2v) is 14.8. The highest BCUT2D eigenvalue weighted by Crippen LogP contribution is 2.59. The summed E-state index contributed by atoms with van der Waals surface area (Å²) in [5.41, 5.74) is 2.72. The molecule has 3 amide bonds. The van der Waals surface area contributed by atoms with Crippen LogP contribution in [0.4, 0.5) is 5.69 Å². The van der Waals surface area contributed by atoms with E-state index in [9.17, 15) is 14.7 Å². The summed E-state index contributed by atoms with van der Waals surface area (Å²) in [5, 5.41) is 13.9. The zero-order valence-corrected chi connectivity index (χ0v) is 31.4. The second-order valence-electron chi connectivity index (χ2n) is 14.8. The second kappa shape index (κ2) is 16.5. The highest BCUT2D eigenvalue weighted by Gasteiger charge is 2.76. The number of likely N-dealkylation sites (tertiary alicyclic amines) is 1. The van der Waals surface area contributed by atoms with Gasteiger partial charge in [-0.2, -0.15) is 0 Å². The molecule has 8 atom stereocenters. The smallest absolute Gasteiger partial charge is 0.313 e. The lowest BCUT2D eigenvalue weighted by molar-refractivity contribution is -0.162. The van der Waals surface area contributed by atoms with Crippen LogP contribution in [0.1, 0.15) is 61.0 Å². The summed E-state index contributed by atoms with van der Waals surface area (Å²) in [6.45, 7) is 13.1. The number of carbonyl (C=O) groups is 4. The van der Waals surface area contributed by atoms with Crippen LogP contribution in [0.3, 0.4) is 0 Å². The molecule has 2 bridgehead atoms.